The Morgan fingerprint density at radius 1 is 1.21 bits per heavy atom. The second-order valence-corrected chi connectivity index (χ2v) is 10.8. The van der Waals surface area contributed by atoms with Gasteiger partial charge in [0.25, 0.3) is 0 Å². The molecule has 1 aromatic carbocycles. The van der Waals surface area contributed by atoms with Crippen molar-refractivity contribution in [2.24, 2.45) is 30.7 Å². The molecule has 0 radical (unpaired) electrons. The number of hydrogen-bond acceptors (Lipinski definition) is 5. The molecule has 2 saturated heterocycles. The minimum Gasteiger partial charge on any atom is -0.658 e. The van der Waals surface area contributed by atoms with Crippen molar-refractivity contribution in [2.75, 3.05) is 39.3 Å². The zero-order valence-corrected chi connectivity index (χ0v) is 22.2. The number of amides is 1. The van der Waals surface area contributed by atoms with Crippen LogP contribution < -0.4 is 4.74 Å². The summed E-state index contributed by atoms with van der Waals surface area (Å²) in [6.07, 6.45) is 0.530. The van der Waals surface area contributed by atoms with E-state index in [4.69, 9.17) is 5.11 Å². The summed E-state index contributed by atoms with van der Waals surface area (Å²) in [4.78, 5) is 30.5. The SMILES string of the molecule is CC1CCCN(C(=O)CN2CC3C(C[N-]Cc4cccc(OC(F)(F)F)c4)C3C2)C1.Cn1cnc(C(=O)O)c1. The van der Waals surface area contributed by atoms with Crippen LogP contribution in [0.4, 0.5) is 13.2 Å². The van der Waals surface area contributed by atoms with Gasteiger partial charge in [-0.25, -0.2) is 9.78 Å². The fourth-order valence-corrected chi connectivity index (χ4v) is 5.55. The van der Waals surface area contributed by atoms with E-state index in [1.54, 1.807) is 23.7 Å². The van der Waals surface area contributed by atoms with Gasteiger partial charge >= 0.3 is 12.3 Å². The first kappa shape index (κ1) is 28.9. The van der Waals surface area contributed by atoms with Gasteiger partial charge in [0.1, 0.15) is 5.75 Å². The van der Waals surface area contributed by atoms with Crippen molar-refractivity contribution in [3.8, 4) is 5.75 Å². The molecule has 2 aliphatic heterocycles. The Balaban J connectivity index is 0.000000333. The molecule has 5 rings (SSSR count). The summed E-state index contributed by atoms with van der Waals surface area (Å²) in [6, 6.07) is 5.99. The van der Waals surface area contributed by atoms with E-state index in [9.17, 15) is 22.8 Å². The Bertz CT molecular complexity index is 1130. The number of halogens is 3. The van der Waals surface area contributed by atoms with Crippen LogP contribution in [-0.4, -0.2) is 82.0 Å². The molecule has 1 aromatic heterocycles. The standard InChI is InChI=1S/C22H29F3N3O2.C5H6N2O2/c1-15-4-3-7-28(11-15)21(29)14-27-12-19-18(20(19)13-27)10-26-9-16-5-2-6-17(8-16)30-22(23,24)25;1-7-2-4(5(8)9)6-3-7/h2,5-6,8,15,18-20H,3-4,7,9-14H2,1H3;2-3H,1H3,(H,8,9)/q-1;. The first-order valence-corrected chi connectivity index (χ1v) is 13.2. The van der Waals surface area contributed by atoms with Crippen molar-refractivity contribution >= 4 is 11.9 Å². The number of carboxylic acids is 1. The molecule has 214 valence electrons. The van der Waals surface area contributed by atoms with Gasteiger partial charge in [-0.15, -0.1) is 26.3 Å². The summed E-state index contributed by atoms with van der Waals surface area (Å²) in [6.45, 7) is 7.53. The van der Waals surface area contributed by atoms with Crippen molar-refractivity contribution in [3.63, 3.8) is 0 Å². The number of imidazole rings is 1. The van der Waals surface area contributed by atoms with Crippen LogP contribution in [0.5, 0.6) is 5.75 Å². The fourth-order valence-electron chi connectivity index (χ4n) is 5.55. The number of rotatable bonds is 8. The van der Waals surface area contributed by atoms with Crippen LogP contribution in [0.3, 0.4) is 0 Å². The molecule has 1 N–H and O–H groups in total. The van der Waals surface area contributed by atoms with Crippen LogP contribution >= 0.6 is 0 Å². The first-order chi connectivity index (χ1) is 18.5. The van der Waals surface area contributed by atoms with Gasteiger partial charge in [0, 0.05) is 39.4 Å². The first-order valence-electron chi connectivity index (χ1n) is 13.2. The Morgan fingerprint density at radius 2 is 1.95 bits per heavy atom. The summed E-state index contributed by atoms with van der Waals surface area (Å²) >= 11 is 0. The average Bonchev–Trinajstić information content (AvgIpc) is 3.17. The fraction of sp³-hybridized carbons (Fsp3) is 0.593. The molecule has 0 spiro atoms. The van der Waals surface area contributed by atoms with Gasteiger partial charge in [0.2, 0.25) is 5.91 Å². The number of ether oxygens (including phenoxy) is 1. The van der Waals surface area contributed by atoms with Gasteiger partial charge in [-0.1, -0.05) is 30.5 Å². The number of fused-ring (bicyclic) bond motifs is 1. The maximum Gasteiger partial charge on any atom is 0.573 e. The maximum atomic E-state index is 12.5. The molecule has 3 atom stereocenters. The van der Waals surface area contributed by atoms with Crippen LogP contribution in [0.15, 0.2) is 36.8 Å². The zero-order chi connectivity index (χ0) is 28.2. The number of benzene rings is 1. The Kier molecular flexibility index (Phi) is 9.16. The highest BCUT2D eigenvalue weighted by atomic mass is 19.4. The monoisotopic (exact) mass is 550 g/mol. The predicted molar refractivity (Wildman–Crippen MR) is 137 cm³/mol. The molecular weight excluding hydrogens is 515 g/mol. The number of likely N-dealkylation sites (tertiary alicyclic amines) is 2. The molecular formula is C27H35F3N5O4-. The van der Waals surface area contributed by atoms with Crippen molar-refractivity contribution < 1.29 is 32.6 Å². The van der Waals surface area contributed by atoms with Crippen LogP contribution in [0.2, 0.25) is 0 Å². The number of carbonyl (C=O) groups excluding carboxylic acids is 1. The molecule has 0 bridgehead atoms. The van der Waals surface area contributed by atoms with E-state index in [1.165, 1.54) is 31.1 Å². The summed E-state index contributed by atoms with van der Waals surface area (Å²) < 4.78 is 42.5. The van der Waals surface area contributed by atoms with E-state index in [2.05, 4.69) is 26.9 Å². The molecule has 2 aromatic rings. The van der Waals surface area contributed by atoms with E-state index < -0.39 is 12.3 Å². The number of aryl methyl sites for hydroxylation is 1. The topological polar surface area (TPSA) is 102 Å². The third kappa shape index (κ3) is 8.43. The average molecular weight is 551 g/mol. The summed E-state index contributed by atoms with van der Waals surface area (Å²) in [5.41, 5.74) is 0.794. The summed E-state index contributed by atoms with van der Waals surface area (Å²) in [7, 11) is 1.72. The van der Waals surface area contributed by atoms with Crippen molar-refractivity contribution in [3.05, 3.63) is 53.4 Å². The van der Waals surface area contributed by atoms with Crippen LogP contribution in [0.1, 0.15) is 35.8 Å². The number of alkyl halides is 3. The second-order valence-electron chi connectivity index (χ2n) is 10.8. The lowest BCUT2D eigenvalue weighted by Crippen LogP contribution is -2.44. The van der Waals surface area contributed by atoms with Gasteiger partial charge in [-0.2, -0.15) is 0 Å². The zero-order valence-electron chi connectivity index (χ0n) is 22.2. The number of carboxylic acid groups (broad SMARTS) is 1. The Hall–Kier alpha value is -3.12. The van der Waals surface area contributed by atoms with Gasteiger partial charge in [0.15, 0.2) is 5.69 Å². The third-order valence-electron chi connectivity index (χ3n) is 7.51. The lowest BCUT2D eigenvalue weighted by molar-refractivity contribution is -0.274. The third-order valence-corrected chi connectivity index (χ3v) is 7.51. The highest BCUT2D eigenvalue weighted by molar-refractivity contribution is 5.84. The predicted octanol–water partition coefficient (Wildman–Crippen LogP) is 4.01. The van der Waals surface area contributed by atoms with Gasteiger partial charge < -0.3 is 24.6 Å². The number of hydrogen-bond donors (Lipinski definition) is 1. The Labute approximate surface area is 225 Å². The van der Waals surface area contributed by atoms with Crippen LogP contribution in [0, 0.1) is 23.7 Å². The molecule has 3 aliphatic rings. The maximum absolute atomic E-state index is 12.5. The lowest BCUT2D eigenvalue weighted by atomic mass is 10.0. The summed E-state index contributed by atoms with van der Waals surface area (Å²) in [5, 5.41) is 12.9. The molecule has 1 amide bonds. The molecule has 3 unspecified atom stereocenters. The molecule has 1 saturated carbocycles. The largest absolute Gasteiger partial charge is 0.658 e. The number of carbonyl (C=O) groups is 2. The molecule has 9 nitrogen and oxygen atoms in total. The number of piperidine rings is 2. The number of nitrogens with zero attached hydrogens (tertiary/aromatic N) is 5. The highest BCUT2D eigenvalue weighted by Gasteiger charge is 2.53. The summed E-state index contributed by atoms with van der Waals surface area (Å²) in [5.74, 6) is 1.40. The van der Waals surface area contributed by atoms with Crippen molar-refractivity contribution in [1.29, 1.82) is 0 Å². The lowest BCUT2D eigenvalue weighted by Gasteiger charge is -2.32. The smallest absolute Gasteiger partial charge is 0.573 e. The second kappa shape index (κ2) is 12.4. The van der Waals surface area contributed by atoms with Gasteiger partial charge in [-0.05, 0) is 42.7 Å². The molecule has 1 aliphatic carbocycles. The number of aromatic carboxylic acids is 1. The van der Waals surface area contributed by atoms with E-state index in [0.29, 0.717) is 42.3 Å². The highest BCUT2D eigenvalue weighted by Crippen LogP contribution is 2.52. The van der Waals surface area contributed by atoms with Crippen molar-refractivity contribution in [1.82, 2.24) is 19.4 Å². The normalized spacial score (nSPS) is 24.5. The van der Waals surface area contributed by atoms with E-state index >= 15 is 0 Å². The molecule has 12 heteroatoms. The van der Waals surface area contributed by atoms with Gasteiger partial charge in [-0.3, -0.25) is 9.69 Å². The van der Waals surface area contributed by atoms with Gasteiger partial charge in [0.05, 0.1) is 12.9 Å². The minimum atomic E-state index is -4.68. The quantitative estimate of drug-likeness (QED) is 0.533. The molecule has 3 fully saturated rings. The Morgan fingerprint density at radius 3 is 2.54 bits per heavy atom. The molecule has 39 heavy (non-hydrogen) atoms. The van der Waals surface area contributed by atoms with Crippen molar-refractivity contribution in [2.45, 2.75) is 32.7 Å². The van der Waals surface area contributed by atoms with E-state index in [1.807, 2.05) is 4.90 Å². The molecule has 3 heterocycles. The van der Waals surface area contributed by atoms with Crippen LogP contribution in [-0.2, 0) is 18.4 Å². The van der Waals surface area contributed by atoms with E-state index in [-0.39, 0.29) is 17.4 Å². The minimum absolute atomic E-state index is 0.0810. The van der Waals surface area contributed by atoms with Crippen LogP contribution in [0.25, 0.3) is 5.32 Å². The van der Waals surface area contributed by atoms with E-state index in [0.717, 1.165) is 39.1 Å². The number of aromatic nitrogens is 2.